The Bertz CT molecular complexity index is 755. The summed E-state index contributed by atoms with van der Waals surface area (Å²) >= 11 is 0. The zero-order valence-electron chi connectivity index (χ0n) is 15.8. The van der Waals surface area contributed by atoms with Crippen molar-refractivity contribution >= 4 is 11.9 Å². The normalized spacial score (nSPS) is 19.3. The van der Waals surface area contributed by atoms with E-state index in [1.165, 1.54) is 19.1 Å². The molecule has 142 valence electrons. The quantitative estimate of drug-likeness (QED) is 0.783. The predicted molar refractivity (Wildman–Crippen MR) is 105 cm³/mol. The Morgan fingerprint density at radius 1 is 0.963 bits per heavy atom. The van der Waals surface area contributed by atoms with Crippen LogP contribution in [0.25, 0.3) is 0 Å². The second-order valence-corrected chi connectivity index (χ2v) is 7.25. The van der Waals surface area contributed by atoms with Crippen molar-refractivity contribution in [2.75, 3.05) is 7.11 Å². The maximum Gasteiger partial charge on any atom is 0.337 e. The number of hydrogen-bond acceptors (Lipinski definition) is 3. The Morgan fingerprint density at radius 2 is 1.67 bits per heavy atom. The van der Waals surface area contributed by atoms with Gasteiger partial charge in [0.05, 0.1) is 12.7 Å². The zero-order chi connectivity index (χ0) is 19.1. The number of rotatable bonds is 6. The molecule has 4 nitrogen and oxygen atoms in total. The van der Waals surface area contributed by atoms with Crippen LogP contribution in [-0.2, 0) is 22.5 Å². The van der Waals surface area contributed by atoms with Crippen LogP contribution in [0.2, 0.25) is 0 Å². The van der Waals surface area contributed by atoms with Gasteiger partial charge in [-0.15, -0.1) is 0 Å². The second-order valence-electron chi connectivity index (χ2n) is 7.25. The Balaban J connectivity index is 1.57. The minimum Gasteiger partial charge on any atom is -0.465 e. The molecule has 27 heavy (non-hydrogen) atoms. The third-order valence-corrected chi connectivity index (χ3v) is 5.43. The fourth-order valence-electron chi connectivity index (χ4n) is 3.91. The number of benzene rings is 2. The molecule has 0 aliphatic heterocycles. The van der Waals surface area contributed by atoms with Gasteiger partial charge in [0.25, 0.3) is 0 Å². The molecule has 2 aromatic carbocycles. The smallest absolute Gasteiger partial charge is 0.337 e. The van der Waals surface area contributed by atoms with E-state index in [0.29, 0.717) is 18.0 Å². The van der Waals surface area contributed by atoms with Crippen molar-refractivity contribution in [1.82, 2.24) is 5.32 Å². The largest absolute Gasteiger partial charge is 0.465 e. The zero-order valence-corrected chi connectivity index (χ0v) is 15.8. The van der Waals surface area contributed by atoms with Crippen molar-refractivity contribution in [2.24, 2.45) is 11.8 Å². The van der Waals surface area contributed by atoms with Crippen LogP contribution >= 0.6 is 0 Å². The van der Waals surface area contributed by atoms with E-state index in [1.807, 2.05) is 18.2 Å². The van der Waals surface area contributed by atoms with Crippen molar-refractivity contribution in [1.29, 1.82) is 0 Å². The number of ether oxygens (including phenoxy) is 1. The summed E-state index contributed by atoms with van der Waals surface area (Å²) in [4.78, 5) is 24.3. The van der Waals surface area contributed by atoms with Crippen molar-refractivity contribution in [3.8, 4) is 0 Å². The molecule has 0 aromatic heterocycles. The SMILES string of the molecule is COC(=O)c1ccc(CNC(=O)C2CCCCC2Cc2ccccc2)cc1. The van der Waals surface area contributed by atoms with Gasteiger partial charge < -0.3 is 10.1 Å². The first kappa shape index (κ1) is 19.2. The van der Waals surface area contributed by atoms with E-state index in [0.717, 1.165) is 31.2 Å². The molecule has 2 atom stereocenters. The van der Waals surface area contributed by atoms with Gasteiger partial charge in [-0.1, -0.05) is 55.3 Å². The van der Waals surface area contributed by atoms with Gasteiger partial charge in [0.2, 0.25) is 5.91 Å². The standard InChI is InChI=1S/C23H27NO3/c1-27-23(26)19-13-11-18(12-14-19)16-24-22(25)21-10-6-5-9-20(21)15-17-7-3-2-4-8-17/h2-4,7-8,11-14,20-21H,5-6,9-10,15-16H2,1H3,(H,24,25). The van der Waals surface area contributed by atoms with Gasteiger partial charge in [-0.05, 0) is 48.4 Å². The Hall–Kier alpha value is -2.62. The number of methoxy groups -OCH3 is 1. The van der Waals surface area contributed by atoms with Crippen LogP contribution in [0.3, 0.4) is 0 Å². The van der Waals surface area contributed by atoms with Gasteiger partial charge in [-0.25, -0.2) is 4.79 Å². The molecule has 1 saturated carbocycles. The molecule has 1 amide bonds. The monoisotopic (exact) mass is 365 g/mol. The average molecular weight is 365 g/mol. The van der Waals surface area contributed by atoms with Gasteiger partial charge in [0.1, 0.15) is 0 Å². The van der Waals surface area contributed by atoms with E-state index in [4.69, 9.17) is 4.74 Å². The third kappa shape index (κ3) is 5.19. The number of carbonyl (C=O) groups excluding carboxylic acids is 2. The van der Waals surface area contributed by atoms with Gasteiger partial charge in [-0.2, -0.15) is 0 Å². The highest BCUT2D eigenvalue weighted by Gasteiger charge is 2.30. The van der Waals surface area contributed by atoms with Crippen molar-refractivity contribution < 1.29 is 14.3 Å². The Morgan fingerprint density at radius 3 is 2.37 bits per heavy atom. The van der Waals surface area contributed by atoms with Crippen molar-refractivity contribution in [2.45, 2.75) is 38.6 Å². The fourth-order valence-corrected chi connectivity index (χ4v) is 3.91. The van der Waals surface area contributed by atoms with Gasteiger partial charge in [-0.3, -0.25) is 4.79 Å². The summed E-state index contributed by atoms with van der Waals surface area (Å²) in [5.74, 6) is 0.278. The maximum absolute atomic E-state index is 12.8. The van der Waals surface area contributed by atoms with E-state index in [1.54, 1.807) is 12.1 Å². The molecule has 0 bridgehead atoms. The molecule has 0 saturated heterocycles. The molecule has 0 radical (unpaired) electrons. The highest BCUT2D eigenvalue weighted by atomic mass is 16.5. The summed E-state index contributed by atoms with van der Waals surface area (Å²) in [5.41, 5.74) is 2.80. The predicted octanol–water partition coefficient (Wildman–Crippen LogP) is 4.14. The minimum atomic E-state index is -0.350. The summed E-state index contributed by atoms with van der Waals surface area (Å²) in [6, 6.07) is 17.6. The van der Waals surface area contributed by atoms with E-state index in [2.05, 4.69) is 29.6 Å². The van der Waals surface area contributed by atoms with Gasteiger partial charge in [0.15, 0.2) is 0 Å². The topological polar surface area (TPSA) is 55.4 Å². The average Bonchev–Trinajstić information content (AvgIpc) is 2.73. The Kier molecular flexibility index (Phi) is 6.64. The molecule has 4 heteroatoms. The highest BCUT2D eigenvalue weighted by Crippen LogP contribution is 2.32. The van der Waals surface area contributed by atoms with E-state index in [9.17, 15) is 9.59 Å². The van der Waals surface area contributed by atoms with Crippen LogP contribution in [-0.4, -0.2) is 19.0 Å². The van der Waals surface area contributed by atoms with Crippen LogP contribution < -0.4 is 5.32 Å². The highest BCUT2D eigenvalue weighted by molar-refractivity contribution is 5.89. The van der Waals surface area contributed by atoms with Gasteiger partial charge in [0, 0.05) is 12.5 Å². The number of carbonyl (C=O) groups is 2. The maximum atomic E-state index is 12.8. The third-order valence-electron chi connectivity index (χ3n) is 5.43. The van der Waals surface area contributed by atoms with Crippen LogP contribution in [0.1, 0.15) is 47.2 Å². The molecule has 1 aliphatic rings. The number of esters is 1. The van der Waals surface area contributed by atoms with Crippen LogP contribution in [0, 0.1) is 11.8 Å². The molecule has 2 aromatic rings. The first-order chi connectivity index (χ1) is 13.2. The molecule has 1 fully saturated rings. The van der Waals surface area contributed by atoms with Crippen LogP contribution in [0.4, 0.5) is 0 Å². The second kappa shape index (κ2) is 9.36. The van der Waals surface area contributed by atoms with Crippen LogP contribution in [0.15, 0.2) is 54.6 Å². The van der Waals surface area contributed by atoms with E-state index >= 15 is 0 Å². The minimum absolute atomic E-state index is 0.0771. The van der Waals surface area contributed by atoms with Crippen molar-refractivity contribution in [3.63, 3.8) is 0 Å². The fraction of sp³-hybridized carbons (Fsp3) is 0.391. The number of hydrogen-bond donors (Lipinski definition) is 1. The number of nitrogens with one attached hydrogen (secondary N) is 1. The lowest BCUT2D eigenvalue weighted by Crippen LogP contribution is -2.37. The summed E-state index contributed by atoms with van der Waals surface area (Å²) in [5, 5.41) is 3.09. The lowest BCUT2D eigenvalue weighted by atomic mass is 9.75. The van der Waals surface area contributed by atoms with E-state index in [-0.39, 0.29) is 17.8 Å². The summed E-state index contributed by atoms with van der Waals surface area (Å²) < 4.78 is 4.71. The summed E-state index contributed by atoms with van der Waals surface area (Å²) in [6.07, 6.45) is 5.37. The first-order valence-electron chi connectivity index (χ1n) is 9.66. The lowest BCUT2D eigenvalue weighted by Gasteiger charge is -2.30. The molecular weight excluding hydrogens is 338 g/mol. The molecule has 1 N–H and O–H groups in total. The Labute approximate surface area is 160 Å². The molecule has 3 rings (SSSR count). The van der Waals surface area contributed by atoms with Crippen LogP contribution in [0.5, 0.6) is 0 Å². The van der Waals surface area contributed by atoms with E-state index < -0.39 is 0 Å². The summed E-state index contributed by atoms with van der Waals surface area (Å²) in [7, 11) is 1.37. The van der Waals surface area contributed by atoms with Gasteiger partial charge >= 0.3 is 5.97 Å². The number of amides is 1. The molecule has 0 heterocycles. The molecule has 2 unspecified atom stereocenters. The van der Waals surface area contributed by atoms with Crippen molar-refractivity contribution in [3.05, 3.63) is 71.3 Å². The molecule has 0 spiro atoms. The lowest BCUT2D eigenvalue weighted by molar-refractivity contribution is -0.127. The first-order valence-corrected chi connectivity index (χ1v) is 9.66. The molecular formula is C23H27NO3. The molecule has 1 aliphatic carbocycles. The summed E-state index contributed by atoms with van der Waals surface area (Å²) in [6.45, 7) is 0.481.